The van der Waals surface area contributed by atoms with E-state index < -0.39 is 0 Å². The maximum absolute atomic E-state index is 6.09. The first-order valence-corrected chi connectivity index (χ1v) is 5.39. The van der Waals surface area contributed by atoms with Gasteiger partial charge in [-0.25, -0.2) is 0 Å². The van der Waals surface area contributed by atoms with Gasteiger partial charge in [0.1, 0.15) is 0 Å². The van der Waals surface area contributed by atoms with Crippen LogP contribution in [0.4, 0.5) is 0 Å². The second-order valence-electron chi connectivity index (χ2n) is 5.55. The van der Waals surface area contributed by atoms with Crippen LogP contribution >= 0.6 is 0 Å². The molecule has 3 fully saturated rings. The molecule has 2 N–H and O–H groups in total. The summed E-state index contributed by atoms with van der Waals surface area (Å²) in [5.41, 5.74) is 11.1. The van der Waals surface area contributed by atoms with E-state index in [1.165, 1.54) is 36.0 Å². The van der Waals surface area contributed by atoms with Gasteiger partial charge in [-0.1, -0.05) is 29.3 Å². The summed E-state index contributed by atoms with van der Waals surface area (Å²) in [6, 6.07) is 6.92. The van der Waals surface area contributed by atoms with Gasteiger partial charge in [0.15, 0.2) is 0 Å². The lowest BCUT2D eigenvalue weighted by atomic mass is 9.38. The molecule has 0 heterocycles. The van der Waals surface area contributed by atoms with Gasteiger partial charge < -0.3 is 5.73 Å². The Kier molecular flexibility index (Phi) is 1.35. The van der Waals surface area contributed by atoms with Crippen molar-refractivity contribution in [2.75, 3.05) is 0 Å². The quantitative estimate of drug-likeness (QED) is 0.718. The van der Waals surface area contributed by atoms with Crippen molar-refractivity contribution in [2.24, 2.45) is 5.73 Å². The summed E-state index contributed by atoms with van der Waals surface area (Å²) in [6.45, 7) is 4.36. The lowest BCUT2D eigenvalue weighted by Crippen LogP contribution is -2.74. The second-order valence-corrected chi connectivity index (χ2v) is 5.55. The molecular formula is C13H17N. The van der Waals surface area contributed by atoms with Gasteiger partial charge in [0.25, 0.3) is 0 Å². The minimum absolute atomic E-state index is 0.220. The molecule has 3 aliphatic rings. The highest BCUT2D eigenvalue weighted by Crippen LogP contribution is 2.66. The molecule has 0 saturated heterocycles. The fourth-order valence-electron chi connectivity index (χ4n) is 3.45. The van der Waals surface area contributed by atoms with Crippen LogP contribution in [0.1, 0.15) is 36.0 Å². The van der Waals surface area contributed by atoms with Gasteiger partial charge in [0.05, 0.1) is 0 Å². The SMILES string of the molecule is Cc1cc(C)cc(C23CC(N)(C2)C3)c1. The third-order valence-corrected chi connectivity index (χ3v) is 3.91. The van der Waals surface area contributed by atoms with E-state index in [0.29, 0.717) is 5.41 Å². The summed E-state index contributed by atoms with van der Waals surface area (Å²) < 4.78 is 0. The van der Waals surface area contributed by atoms with Crippen LogP contribution in [0.3, 0.4) is 0 Å². The molecule has 0 atom stereocenters. The summed E-state index contributed by atoms with van der Waals surface area (Å²) in [4.78, 5) is 0. The Balaban J connectivity index is 1.98. The Bertz CT molecular complexity index is 366. The van der Waals surface area contributed by atoms with Gasteiger partial charge in [0.2, 0.25) is 0 Å². The molecular weight excluding hydrogens is 170 g/mol. The number of rotatable bonds is 1. The van der Waals surface area contributed by atoms with Crippen LogP contribution in [0.15, 0.2) is 18.2 Å². The van der Waals surface area contributed by atoms with E-state index in [4.69, 9.17) is 5.73 Å². The Morgan fingerprint density at radius 2 is 1.50 bits per heavy atom. The summed E-state index contributed by atoms with van der Waals surface area (Å²) >= 11 is 0. The predicted molar refractivity (Wildman–Crippen MR) is 58.4 cm³/mol. The molecule has 0 aliphatic heterocycles. The maximum atomic E-state index is 6.09. The molecule has 14 heavy (non-hydrogen) atoms. The van der Waals surface area contributed by atoms with Crippen molar-refractivity contribution in [1.29, 1.82) is 0 Å². The van der Waals surface area contributed by atoms with Crippen LogP contribution < -0.4 is 5.73 Å². The molecule has 1 nitrogen and oxygen atoms in total. The predicted octanol–water partition coefficient (Wildman–Crippen LogP) is 2.44. The third kappa shape index (κ3) is 0.936. The Labute approximate surface area is 85.3 Å². The molecule has 4 rings (SSSR count). The number of aryl methyl sites for hydroxylation is 2. The van der Waals surface area contributed by atoms with Crippen LogP contribution in [0.25, 0.3) is 0 Å². The first-order chi connectivity index (χ1) is 6.51. The van der Waals surface area contributed by atoms with Crippen molar-refractivity contribution in [3.63, 3.8) is 0 Å². The zero-order valence-electron chi connectivity index (χ0n) is 8.93. The standard InChI is InChI=1S/C13H17N/c1-9-3-10(2)5-11(4-9)12-6-13(14,7-12)8-12/h3-5H,6-8,14H2,1-2H3. The van der Waals surface area contributed by atoms with Gasteiger partial charge in [-0.3, -0.25) is 0 Å². The Morgan fingerprint density at radius 3 is 1.93 bits per heavy atom. The van der Waals surface area contributed by atoms with Crippen molar-refractivity contribution >= 4 is 0 Å². The molecule has 1 aromatic rings. The fraction of sp³-hybridized carbons (Fsp3) is 0.538. The molecule has 1 heteroatoms. The van der Waals surface area contributed by atoms with E-state index in [9.17, 15) is 0 Å². The summed E-state index contributed by atoms with van der Waals surface area (Å²) in [6.07, 6.45) is 3.63. The molecule has 0 amide bonds. The van der Waals surface area contributed by atoms with E-state index >= 15 is 0 Å². The largest absolute Gasteiger partial charge is 0.325 e. The molecule has 2 bridgehead atoms. The first-order valence-electron chi connectivity index (χ1n) is 5.39. The van der Waals surface area contributed by atoms with Gasteiger partial charge >= 0.3 is 0 Å². The van der Waals surface area contributed by atoms with E-state index in [0.717, 1.165) is 0 Å². The molecule has 0 unspecified atom stereocenters. The summed E-state index contributed by atoms with van der Waals surface area (Å²) in [5.74, 6) is 0. The van der Waals surface area contributed by atoms with Crippen LogP contribution in [-0.2, 0) is 5.41 Å². The summed E-state index contributed by atoms with van der Waals surface area (Å²) in [7, 11) is 0. The zero-order chi connectivity index (χ0) is 9.97. The van der Waals surface area contributed by atoms with Crippen LogP contribution in [0, 0.1) is 13.8 Å². The van der Waals surface area contributed by atoms with Crippen LogP contribution in [0.5, 0.6) is 0 Å². The third-order valence-electron chi connectivity index (χ3n) is 3.91. The van der Waals surface area contributed by atoms with Gasteiger partial charge in [-0.15, -0.1) is 0 Å². The highest BCUT2D eigenvalue weighted by atomic mass is 14.9. The van der Waals surface area contributed by atoms with Crippen LogP contribution in [0.2, 0.25) is 0 Å². The van der Waals surface area contributed by atoms with E-state index in [-0.39, 0.29) is 5.54 Å². The van der Waals surface area contributed by atoms with Gasteiger partial charge in [-0.05, 0) is 38.7 Å². The lowest BCUT2D eigenvalue weighted by Gasteiger charge is -2.69. The van der Waals surface area contributed by atoms with Gasteiger partial charge in [-0.2, -0.15) is 0 Å². The zero-order valence-corrected chi connectivity index (χ0v) is 8.93. The maximum Gasteiger partial charge on any atom is 0.0179 e. The van der Waals surface area contributed by atoms with Crippen LogP contribution in [-0.4, -0.2) is 5.54 Å². The van der Waals surface area contributed by atoms with E-state index in [1.54, 1.807) is 0 Å². The van der Waals surface area contributed by atoms with Crippen molar-refractivity contribution in [1.82, 2.24) is 0 Å². The average Bonchev–Trinajstić information content (AvgIpc) is 1.94. The molecule has 1 aromatic carbocycles. The number of benzene rings is 1. The van der Waals surface area contributed by atoms with E-state index in [2.05, 4.69) is 32.0 Å². The number of hydrogen-bond donors (Lipinski definition) is 1. The molecule has 0 spiro atoms. The first kappa shape index (κ1) is 8.49. The van der Waals surface area contributed by atoms with E-state index in [1.807, 2.05) is 0 Å². The molecule has 3 aliphatic carbocycles. The van der Waals surface area contributed by atoms with Gasteiger partial charge in [0, 0.05) is 11.0 Å². The molecule has 0 aromatic heterocycles. The highest BCUT2D eigenvalue weighted by Gasteiger charge is 2.66. The average molecular weight is 187 g/mol. The lowest BCUT2D eigenvalue weighted by molar-refractivity contribution is -0.0590. The highest BCUT2D eigenvalue weighted by molar-refractivity contribution is 5.44. The Hall–Kier alpha value is -0.820. The topological polar surface area (TPSA) is 26.0 Å². The normalized spacial score (nSPS) is 38.8. The van der Waals surface area contributed by atoms with Crippen molar-refractivity contribution in [2.45, 2.75) is 44.1 Å². The minimum atomic E-state index is 0.220. The molecule has 74 valence electrons. The monoisotopic (exact) mass is 187 g/mol. The smallest absolute Gasteiger partial charge is 0.0179 e. The molecule has 3 saturated carbocycles. The van der Waals surface area contributed by atoms with Crippen molar-refractivity contribution in [3.05, 3.63) is 34.9 Å². The van der Waals surface area contributed by atoms with Crippen molar-refractivity contribution in [3.8, 4) is 0 Å². The minimum Gasteiger partial charge on any atom is -0.325 e. The fourth-order valence-corrected chi connectivity index (χ4v) is 3.45. The number of hydrogen-bond acceptors (Lipinski definition) is 1. The molecule has 0 radical (unpaired) electrons. The second kappa shape index (κ2) is 2.22. The summed E-state index contributed by atoms with van der Waals surface area (Å²) in [5, 5.41) is 0. The van der Waals surface area contributed by atoms with Crippen molar-refractivity contribution < 1.29 is 0 Å². The Morgan fingerprint density at radius 1 is 1.00 bits per heavy atom. The number of nitrogens with two attached hydrogens (primary N) is 1.